The van der Waals surface area contributed by atoms with E-state index in [1.807, 2.05) is 11.8 Å². The van der Waals surface area contributed by atoms with E-state index in [1.165, 1.54) is 91.3 Å². The van der Waals surface area contributed by atoms with Crippen molar-refractivity contribution in [1.82, 2.24) is 18.3 Å². The largest absolute Gasteiger partial charge is 0.310 e. The van der Waals surface area contributed by atoms with Gasteiger partial charge >= 0.3 is 0 Å². The zero-order valence-corrected chi connectivity index (χ0v) is 53.4. The Morgan fingerprint density at radius 1 is 0.237 bits per heavy atom. The summed E-state index contributed by atoms with van der Waals surface area (Å²) in [6.07, 6.45) is 0. The van der Waals surface area contributed by atoms with Gasteiger partial charge < -0.3 is 23.2 Å². The second-order valence-corrected chi connectivity index (χ2v) is 26.9. The maximum atomic E-state index is 2.72. The minimum Gasteiger partial charge on any atom is -0.310 e. The number of anilines is 3. The fraction of sp³-hybridized carbons (Fsp3) is 0. The number of rotatable bonds is 8. The summed E-state index contributed by atoms with van der Waals surface area (Å²) in [5, 5.41) is 9.77. The standard InChI is InChI=1S/C90H56BN5S/c1-4-25-57(26-5-1)58-53-84-87-86(54-58)97-85-56-62(93-79-45-18-12-33-65(79)66-34-13-19-46-80(66)93)50-52-76(85)91(87)75-51-49-61(92-77-43-16-10-31-63(77)64-32-11-17-44-78(64)92)55-83(75)96(84)90-73(71-39-22-37-69-67-35-14-20-47-81(67)94(88(69)71)59-27-6-2-7-28-59)41-24-42-74(90)72-40-23-38-70-68-36-15-21-48-82(68)95(89(70)72)60-29-8-3-9-30-60/h1-56H. The van der Waals surface area contributed by atoms with Gasteiger partial charge in [0.25, 0.3) is 0 Å². The number of para-hydroxylation sites is 11. The van der Waals surface area contributed by atoms with Crippen LogP contribution >= 0.6 is 11.8 Å². The minimum atomic E-state index is -0.138. The van der Waals surface area contributed by atoms with Gasteiger partial charge in [-0.1, -0.05) is 260 Å². The third-order valence-electron chi connectivity index (χ3n) is 20.8. The van der Waals surface area contributed by atoms with E-state index >= 15 is 0 Å². The van der Waals surface area contributed by atoms with Gasteiger partial charge in [0.1, 0.15) is 0 Å². The first-order valence-electron chi connectivity index (χ1n) is 33.4. The molecule has 0 bridgehead atoms. The first-order valence-corrected chi connectivity index (χ1v) is 34.3. The molecule has 0 aliphatic carbocycles. The van der Waals surface area contributed by atoms with Gasteiger partial charge in [0, 0.05) is 109 Å². The predicted octanol–water partition coefficient (Wildman–Crippen LogP) is 21.8. The molecule has 2 aliphatic rings. The molecule has 0 fully saturated rings. The summed E-state index contributed by atoms with van der Waals surface area (Å²) in [6.45, 7) is -0.138. The SMILES string of the molecule is c1ccc(-c2cc3c4c(c2)N(c2c(-c5cccc6c7ccccc7n(-c7ccccc7)c56)cccc2-c2cccc5c6ccccc6n(-c6ccccc6)c25)c2cc(-n5c6ccccc6c6ccccc65)ccc2B4c2ccc(-n4c5ccccc5c5ccccc54)cc2S3)cc1. The van der Waals surface area contributed by atoms with E-state index in [0.29, 0.717) is 0 Å². The molecule has 15 aromatic carbocycles. The highest BCUT2D eigenvalue weighted by Crippen LogP contribution is 2.54. The van der Waals surface area contributed by atoms with Crippen molar-refractivity contribution in [3.05, 3.63) is 340 Å². The van der Waals surface area contributed by atoms with Crippen LogP contribution in [0, 0.1) is 0 Å². The van der Waals surface area contributed by atoms with Crippen molar-refractivity contribution in [3.8, 4) is 56.1 Å². The summed E-state index contributed by atoms with van der Waals surface area (Å²) in [6, 6.07) is 127. The van der Waals surface area contributed by atoms with Crippen LogP contribution in [0.15, 0.2) is 350 Å². The van der Waals surface area contributed by atoms with Crippen molar-refractivity contribution in [1.29, 1.82) is 0 Å². The molecule has 7 heteroatoms. The lowest BCUT2D eigenvalue weighted by Crippen LogP contribution is -2.60. The van der Waals surface area contributed by atoms with Crippen LogP contribution in [0.2, 0.25) is 0 Å². The van der Waals surface area contributed by atoms with Crippen LogP contribution in [0.5, 0.6) is 0 Å². The molecule has 6 heterocycles. The summed E-state index contributed by atoms with van der Waals surface area (Å²) < 4.78 is 9.97. The molecule has 19 aromatic rings. The van der Waals surface area contributed by atoms with Gasteiger partial charge in [-0.15, -0.1) is 0 Å². The van der Waals surface area contributed by atoms with E-state index in [0.717, 1.165) is 95.3 Å². The van der Waals surface area contributed by atoms with Crippen LogP contribution in [-0.4, -0.2) is 25.0 Å². The lowest BCUT2D eigenvalue weighted by molar-refractivity contribution is 1.16. The summed E-state index contributed by atoms with van der Waals surface area (Å²) in [5.41, 5.74) is 27.9. The van der Waals surface area contributed by atoms with Crippen molar-refractivity contribution in [2.45, 2.75) is 9.79 Å². The first-order chi connectivity index (χ1) is 48.2. The second-order valence-electron chi connectivity index (χ2n) is 25.8. The van der Waals surface area contributed by atoms with Crippen LogP contribution in [0.25, 0.3) is 143 Å². The second kappa shape index (κ2) is 21.1. The third kappa shape index (κ3) is 7.92. The lowest BCUT2D eigenvalue weighted by atomic mass is 9.34. The molecule has 0 radical (unpaired) electrons. The smallest absolute Gasteiger partial charge is 0.249 e. The van der Waals surface area contributed by atoms with Gasteiger partial charge in [0.05, 0.1) is 49.8 Å². The van der Waals surface area contributed by atoms with Gasteiger partial charge in [-0.25, -0.2) is 0 Å². The molecule has 0 saturated carbocycles. The van der Waals surface area contributed by atoms with Crippen LogP contribution < -0.4 is 21.3 Å². The summed E-state index contributed by atoms with van der Waals surface area (Å²) in [5.74, 6) is 0. The Morgan fingerprint density at radius 3 is 1.10 bits per heavy atom. The fourth-order valence-corrected chi connectivity index (χ4v) is 18.1. The van der Waals surface area contributed by atoms with Crippen molar-refractivity contribution >= 4 is 139 Å². The molecule has 0 unspecified atom stereocenters. The van der Waals surface area contributed by atoms with Crippen LogP contribution in [-0.2, 0) is 0 Å². The number of aromatic nitrogens is 4. The molecule has 0 spiro atoms. The number of hydrogen-bond donors (Lipinski definition) is 0. The minimum absolute atomic E-state index is 0.138. The summed E-state index contributed by atoms with van der Waals surface area (Å²) in [7, 11) is 0. The van der Waals surface area contributed by atoms with Crippen molar-refractivity contribution < 1.29 is 0 Å². The fourth-order valence-electron chi connectivity index (χ4n) is 16.8. The average Bonchev–Trinajstić information content (AvgIpc) is 1.21. The Hall–Kier alpha value is -12.3. The quantitative estimate of drug-likeness (QED) is 0.142. The zero-order valence-electron chi connectivity index (χ0n) is 52.6. The van der Waals surface area contributed by atoms with Gasteiger partial charge in [-0.3, -0.25) is 0 Å². The number of benzene rings is 15. The number of nitrogens with zero attached hydrogens (tertiary/aromatic N) is 5. The van der Waals surface area contributed by atoms with Gasteiger partial charge in [-0.05, 0) is 119 Å². The Balaban J connectivity index is 0.921. The molecule has 0 N–H and O–H groups in total. The molecular formula is C90H56BN5S. The predicted molar refractivity (Wildman–Crippen MR) is 410 cm³/mol. The highest BCUT2D eigenvalue weighted by molar-refractivity contribution is 8.00. The maximum absolute atomic E-state index is 2.72. The van der Waals surface area contributed by atoms with Crippen molar-refractivity contribution in [2.75, 3.05) is 4.90 Å². The highest BCUT2D eigenvalue weighted by atomic mass is 32.2. The van der Waals surface area contributed by atoms with Gasteiger partial charge in [0.2, 0.25) is 6.71 Å². The van der Waals surface area contributed by atoms with E-state index in [-0.39, 0.29) is 6.71 Å². The zero-order chi connectivity index (χ0) is 63.4. The molecule has 5 nitrogen and oxygen atoms in total. The first kappa shape index (κ1) is 54.1. The van der Waals surface area contributed by atoms with Gasteiger partial charge in [-0.2, -0.15) is 0 Å². The summed E-state index contributed by atoms with van der Waals surface area (Å²) in [4.78, 5) is 5.22. The van der Waals surface area contributed by atoms with Crippen molar-refractivity contribution in [3.63, 3.8) is 0 Å². The molecule has 0 atom stereocenters. The van der Waals surface area contributed by atoms with E-state index in [2.05, 4.69) is 363 Å². The maximum Gasteiger partial charge on any atom is 0.249 e. The average molecular weight is 1250 g/mol. The molecule has 4 aromatic heterocycles. The van der Waals surface area contributed by atoms with Crippen LogP contribution in [0.1, 0.15) is 0 Å². The molecule has 0 amide bonds. The normalized spacial score (nSPS) is 12.7. The Kier molecular flexibility index (Phi) is 11.8. The molecule has 0 saturated heterocycles. The Labute approximate surface area is 564 Å². The number of fused-ring (bicyclic) bond motifs is 16. The molecular weight excluding hydrogens is 1190 g/mol. The third-order valence-corrected chi connectivity index (χ3v) is 21.9. The van der Waals surface area contributed by atoms with E-state index in [9.17, 15) is 0 Å². The molecule has 2 aliphatic heterocycles. The lowest BCUT2D eigenvalue weighted by Gasteiger charge is -2.42. The topological polar surface area (TPSA) is 23.0 Å². The van der Waals surface area contributed by atoms with E-state index in [1.54, 1.807) is 0 Å². The van der Waals surface area contributed by atoms with Crippen molar-refractivity contribution in [2.24, 2.45) is 0 Å². The Bertz CT molecular complexity index is 6210. The van der Waals surface area contributed by atoms with Gasteiger partial charge in [0.15, 0.2) is 0 Å². The Morgan fingerprint density at radius 2 is 0.619 bits per heavy atom. The summed E-state index contributed by atoms with van der Waals surface area (Å²) >= 11 is 1.91. The molecule has 450 valence electrons. The van der Waals surface area contributed by atoms with E-state index < -0.39 is 0 Å². The monoisotopic (exact) mass is 1250 g/mol. The van der Waals surface area contributed by atoms with E-state index in [4.69, 9.17) is 0 Å². The number of hydrogen-bond acceptors (Lipinski definition) is 2. The van der Waals surface area contributed by atoms with Crippen LogP contribution in [0.4, 0.5) is 17.1 Å². The highest BCUT2D eigenvalue weighted by Gasteiger charge is 2.43. The molecule has 97 heavy (non-hydrogen) atoms. The van der Waals surface area contributed by atoms with Crippen LogP contribution in [0.3, 0.4) is 0 Å². The molecule has 21 rings (SSSR count).